The van der Waals surface area contributed by atoms with E-state index >= 15 is 0 Å². The van der Waals surface area contributed by atoms with Gasteiger partial charge in [-0.05, 0) is 48.7 Å². The van der Waals surface area contributed by atoms with Crippen LogP contribution in [0.1, 0.15) is 24.0 Å². The average Bonchev–Trinajstić information content (AvgIpc) is 2.75. The average molecular weight is 372 g/mol. The molecule has 0 heterocycles. The molecular formula is C23H21N2OP. The molecule has 27 heavy (non-hydrogen) atoms. The van der Waals surface area contributed by atoms with Crippen LogP contribution in [0.4, 0.5) is 0 Å². The summed E-state index contributed by atoms with van der Waals surface area (Å²) in [6.45, 7) is 8.02. The van der Waals surface area contributed by atoms with E-state index in [0.29, 0.717) is 6.42 Å². The minimum atomic E-state index is -3.19. The summed E-state index contributed by atoms with van der Waals surface area (Å²) in [5, 5.41) is 4.83. The fourth-order valence-electron chi connectivity index (χ4n) is 3.88. The van der Waals surface area contributed by atoms with Gasteiger partial charge in [-0.25, -0.2) is 6.57 Å². The molecule has 0 spiro atoms. The summed E-state index contributed by atoms with van der Waals surface area (Å²) >= 11 is 0. The molecule has 4 heteroatoms. The lowest BCUT2D eigenvalue weighted by Crippen LogP contribution is -2.44. The van der Waals surface area contributed by atoms with Gasteiger partial charge < -0.3 is 0 Å². The highest BCUT2D eigenvalue weighted by atomic mass is 31.2. The molecule has 0 aliphatic heterocycles. The van der Waals surface area contributed by atoms with Crippen molar-refractivity contribution in [2.24, 2.45) is 0 Å². The van der Waals surface area contributed by atoms with Gasteiger partial charge in [0, 0.05) is 17.0 Å². The fraction of sp³-hybridized carbons (Fsp3) is 0.174. The predicted octanol–water partition coefficient (Wildman–Crippen LogP) is 4.61. The number of nitrogens with zero attached hydrogens (tertiary/aromatic N) is 1. The minimum absolute atomic E-state index is 0.650. The molecular weight excluding hydrogens is 351 g/mol. The zero-order valence-electron chi connectivity index (χ0n) is 15.0. The lowest BCUT2D eigenvalue weighted by Gasteiger charge is -2.33. The summed E-state index contributed by atoms with van der Waals surface area (Å²) in [6, 6.07) is 27.0. The highest BCUT2D eigenvalue weighted by molar-refractivity contribution is 7.77. The van der Waals surface area contributed by atoms with Crippen LogP contribution in [0.5, 0.6) is 0 Å². The monoisotopic (exact) mass is 372 g/mol. The van der Waals surface area contributed by atoms with Gasteiger partial charge in [-0.1, -0.05) is 54.6 Å². The Kier molecular flexibility index (Phi) is 4.70. The first-order valence-electron chi connectivity index (χ1n) is 9.16. The maximum atomic E-state index is 14.4. The number of hydrogen-bond acceptors (Lipinski definition) is 1. The predicted molar refractivity (Wildman–Crippen MR) is 111 cm³/mol. The van der Waals surface area contributed by atoms with Gasteiger partial charge in [0.05, 0.1) is 5.56 Å². The van der Waals surface area contributed by atoms with Gasteiger partial charge in [-0.2, -0.15) is 5.09 Å². The van der Waals surface area contributed by atoms with E-state index in [1.165, 1.54) is 5.56 Å². The van der Waals surface area contributed by atoms with E-state index in [1.54, 1.807) is 0 Å². The fourth-order valence-corrected chi connectivity index (χ4v) is 6.43. The number of rotatable bonds is 4. The Balaban J connectivity index is 1.89. The molecule has 1 aliphatic carbocycles. The van der Waals surface area contributed by atoms with Crippen molar-refractivity contribution in [3.8, 4) is 0 Å². The summed E-state index contributed by atoms with van der Waals surface area (Å²) in [4.78, 5) is 4.02. The molecule has 1 aliphatic rings. The third-order valence-corrected chi connectivity index (χ3v) is 7.96. The molecule has 0 radical (unpaired) electrons. The van der Waals surface area contributed by atoms with E-state index in [1.807, 2.05) is 78.9 Å². The quantitative estimate of drug-likeness (QED) is 0.536. The first-order valence-corrected chi connectivity index (χ1v) is 10.9. The van der Waals surface area contributed by atoms with Crippen molar-refractivity contribution in [1.82, 2.24) is 5.09 Å². The van der Waals surface area contributed by atoms with Crippen LogP contribution in [0.3, 0.4) is 0 Å². The summed E-state index contributed by atoms with van der Waals surface area (Å²) in [6.07, 6.45) is 2.50. The van der Waals surface area contributed by atoms with E-state index in [-0.39, 0.29) is 0 Å². The summed E-state index contributed by atoms with van der Waals surface area (Å²) in [5.41, 5.74) is 1.15. The first-order chi connectivity index (χ1) is 13.2. The van der Waals surface area contributed by atoms with E-state index in [0.717, 1.165) is 29.0 Å². The maximum Gasteiger partial charge on any atom is 0.318 e. The Labute approximate surface area is 160 Å². The molecule has 4 rings (SSSR count). The first kappa shape index (κ1) is 17.7. The van der Waals surface area contributed by atoms with Crippen LogP contribution in [0, 0.1) is 6.57 Å². The largest absolute Gasteiger partial charge is 0.318 e. The van der Waals surface area contributed by atoms with E-state index in [9.17, 15) is 4.57 Å². The number of aryl methyl sites for hydroxylation is 1. The highest BCUT2D eigenvalue weighted by Crippen LogP contribution is 2.48. The molecule has 3 aromatic carbocycles. The third-order valence-electron chi connectivity index (χ3n) is 5.22. The molecule has 1 atom stereocenters. The standard InChI is InChI=1S/C23H21N2OP/c1-24-23(18-10-12-19-11-8-9-17-22(19)23)25-27(26,20-13-4-2-5-14-20)21-15-6-3-7-16-21/h2-9,11,13-17H,10,12,18H2,(H,25,26)/t23-/m1/s1. The SMILES string of the molecule is [C-]#[N+][C@@]1(NP(=O)(c2ccccc2)c2ccccc2)CCCc2ccccc21. The zero-order valence-corrected chi connectivity index (χ0v) is 15.9. The second-order valence-electron chi connectivity index (χ2n) is 6.87. The zero-order chi connectivity index (χ0) is 18.7. The second-order valence-corrected chi connectivity index (χ2v) is 9.35. The van der Waals surface area contributed by atoms with Crippen molar-refractivity contribution in [3.05, 3.63) is 107 Å². The molecule has 0 bridgehead atoms. The topological polar surface area (TPSA) is 33.5 Å². The molecule has 0 saturated heterocycles. The van der Waals surface area contributed by atoms with Crippen LogP contribution in [0.2, 0.25) is 0 Å². The third kappa shape index (κ3) is 3.12. The lowest BCUT2D eigenvalue weighted by atomic mass is 9.83. The minimum Gasteiger partial charge on any atom is -0.296 e. The number of hydrogen-bond donors (Lipinski definition) is 1. The Morgan fingerprint density at radius 3 is 2.00 bits per heavy atom. The molecule has 0 amide bonds. The van der Waals surface area contributed by atoms with Gasteiger partial charge in [0.25, 0.3) is 0 Å². The molecule has 0 fully saturated rings. The van der Waals surface area contributed by atoms with Crippen molar-refractivity contribution in [2.75, 3.05) is 0 Å². The Bertz CT molecular complexity index is 984. The molecule has 134 valence electrons. The van der Waals surface area contributed by atoms with Crippen molar-refractivity contribution in [1.29, 1.82) is 0 Å². The maximum absolute atomic E-state index is 14.4. The van der Waals surface area contributed by atoms with Gasteiger partial charge in [0.1, 0.15) is 0 Å². The normalized spacial score (nSPS) is 19.1. The van der Waals surface area contributed by atoms with Crippen molar-refractivity contribution < 1.29 is 4.57 Å². The van der Waals surface area contributed by atoms with Crippen LogP contribution in [-0.4, -0.2) is 0 Å². The van der Waals surface area contributed by atoms with Crippen LogP contribution in [-0.2, 0) is 16.6 Å². The van der Waals surface area contributed by atoms with Crippen molar-refractivity contribution in [3.63, 3.8) is 0 Å². The van der Waals surface area contributed by atoms with Gasteiger partial charge in [0.2, 0.25) is 7.29 Å². The van der Waals surface area contributed by atoms with Crippen LogP contribution < -0.4 is 15.7 Å². The highest BCUT2D eigenvalue weighted by Gasteiger charge is 2.48. The molecule has 0 unspecified atom stereocenters. The summed E-state index contributed by atoms with van der Waals surface area (Å²) < 4.78 is 14.4. The van der Waals surface area contributed by atoms with E-state index in [4.69, 9.17) is 6.57 Å². The molecule has 1 N–H and O–H groups in total. The van der Waals surface area contributed by atoms with Crippen LogP contribution in [0.15, 0.2) is 84.9 Å². The van der Waals surface area contributed by atoms with E-state index < -0.39 is 13.0 Å². The smallest absolute Gasteiger partial charge is 0.296 e. The van der Waals surface area contributed by atoms with Crippen molar-refractivity contribution in [2.45, 2.75) is 24.9 Å². The van der Waals surface area contributed by atoms with E-state index in [2.05, 4.69) is 16.0 Å². The Hall–Kier alpha value is -2.66. The van der Waals surface area contributed by atoms with Gasteiger partial charge >= 0.3 is 5.66 Å². The van der Waals surface area contributed by atoms with Crippen LogP contribution in [0.25, 0.3) is 4.85 Å². The van der Waals surface area contributed by atoms with Crippen LogP contribution >= 0.6 is 7.29 Å². The Morgan fingerprint density at radius 1 is 0.852 bits per heavy atom. The Morgan fingerprint density at radius 2 is 1.41 bits per heavy atom. The molecule has 3 nitrogen and oxygen atoms in total. The van der Waals surface area contributed by atoms with Gasteiger partial charge in [0.15, 0.2) is 0 Å². The number of fused-ring (bicyclic) bond motifs is 1. The lowest BCUT2D eigenvalue weighted by molar-refractivity contribution is 0.411. The molecule has 0 aromatic heterocycles. The molecule has 3 aromatic rings. The summed E-state index contributed by atoms with van der Waals surface area (Å²) in [5.74, 6) is 0. The van der Waals surface area contributed by atoms with Gasteiger partial charge in [-0.3, -0.25) is 9.41 Å². The van der Waals surface area contributed by atoms with Gasteiger partial charge in [-0.15, -0.1) is 0 Å². The molecule has 0 saturated carbocycles. The summed E-state index contributed by atoms with van der Waals surface area (Å²) in [7, 11) is -3.19. The van der Waals surface area contributed by atoms with Crippen molar-refractivity contribution >= 4 is 17.9 Å². The number of nitrogens with one attached hydrogen (secondary N) is 1. The second kappa shape index (κ2) is 7.16. The number of benzene rings is 3.